The van der Waals surface area contributed by atoms with E-state index in [1.165, 1.54) is 22.8 Å². The number of thiol groups is 1. The minimum atomic E-state index is -1.06. The van der Waals surface area contributed by atoms with Crippen LogP contribution >= 0.6 is 20.6 Å². The van der Waals surface area contributed by atoms with Crippen LogP contribution < -0.4 is 21.2 Å². The van der Waals surface area contributed by atoms with Gasteiger partial charge in [-0.2, -0.15) is 12.6 Å². The van der Waals surface area contributed by atoms with Crippen molar-refractivity contribution in [3.63, 3.8) is 0 Å². The Bertz CT molecular complexity index is 983. The molecule has 0 spiro atoms. The molecule has 1 atom stereocenters. The van der Waals surface area contributed by atoms with E-state index in [9.17, 15) is 9.59 Å². The number of hydrogen-bond acceptors (Lipinski definition) is 4. The zero-order chi connectivity index (χ0) is 26.6. The third-order valence-electron chi connectivity index (χ3n) is 4.46. The first-order chi connectivity index (χ1) is 17.5. The normalized spacial score (nSPS) is 11.2. The molecule has 0 bridgehead atoms. The molecule has 0 aliphatic heterocycles. The van der Waals surface area contributed by atoms with Gasteiger partial charge in [-0.3, -0.25) is 4.79 Å². The first-order valence-electron chi connectivity index (χ1n) is 10.9. The smallest absolute Gasteiger partial charge is 0.327 e. The minimum Gasteiger partial charge on any atom is -0.577 e. The van der Waals surface area contributed by atoms with Gasteiger partial charge in [0.2, 0.25) is 5.91 Å². The van der Waals surface area contributed by atoms with E-state index >= 15 is 0 Å². The number of carboxylic acid groups (broad SMARTS) is 1. The van der Waals surface area contributed by atoms with Crippen molar-refractivity contribution in [2.45, 2.75) is 13.0 Å². The minimum absolute atomic E-state index is 0. The molecule has 0 saturated heterocycles. The van der Waals surface area contributed by atoms with Crippen molar-refractivity contribution in [3.05, 3.63) is 132 Å². The fraction of sp³-hybridized carbons (Fsp3) is 0.107. The van der Waals surface area contributed by atoms with Gasteiger partial charge in [-0.25, -0.2) is 4.79 Å². The largest absolute Gasteiger partial charge is 0.577 e. The maximum absolute atomic E-state index is 10.3. The molecule has 0 unspecified atom stereocenters. The molecular weight excluding hydrogens is 678 g/mol. The van der Waals surface area contributed by atoms with Crippen LogP contribution in [0.25, 0.3) is 5.59 Å². The summed E-state index contributed by atoms with van der Waals surface area (Å²) in [6, 6.07) is 31.5. The van der Waals surface area contributed by atoms with E-state index in [0.717, 1.165) is 0 Å². The van der Waals surface area contributed by atoms with Crippen LogP contribution in [0.5, 0.6) is 0 Å². The van der Waals surface area contributed by atoms with Crippen molar-refractivity contribution in [1.29, 1.82) is 0 Å². The second-order valence-electron chi connectivity index (χ2n) is 7.08. The molecule has 0 heterocycles. The van der Waals surface area contributed by atoms with Gasteiger partial charge in [0.15, 0.2) is 0 Å². The standard InChI is InChI=1S/C18H15P.C5H9NO3S.C5H5.NO.Re/c1-4-10-16(11-5-1)19(17-12-6-2-7-13-17)18-14-8-3-9-15-18;1-3(7)6-4(2-10)5(8)9;1-2-4-5-3-1;1-2;/h1-15H;4,10H,2H2,1H3,(H,6,7)(H,8,9);1-5H;;/q;;;-1;/t;4-;;;/m.0.../s1. The molecule has 0 saturated carbocycles. The van der Waals surface area contributed by atoms with Crippen molar-refractivity contribution < 1.29 is 35.1 Å². The molecule has 37 heavy (non-hydrogen) atoms. The molecule has 3 aromatic carbocycles. The molecule has 0 fully saturated rings. The number of nitroso groups, excluding NO2 is 1. The molecule has 1 amide bonds. The van der Waals surface area contributed by atoms with Crippen LogP contribution in [-0.2, 0) is 30.0 Å². The molecule has 194 valence electrons. The Labute approximate surface area is 238 Å². The van der Waals surface area contributed by atoms with E-state index in [4.69, 9.17) is 15.6 Å². The van der Waals surface area contributed by atoms with Crippen molar-refractivity contribution in [2.24, 2.45) is 0 Å². The van der Waals surface area contributed by atoms with Gasteiger partial charge in [0, 0.05) is 39.5 Å². The van der Waals surface area contributed by atoms with Gasteiger partial charge in [0.1, 0.15) is 6.04 Å². The van der Waals surface area contributed by atoms with E-state index < -0.39 is 19.9 Å². The summed E-state index contributed by atoms with van der Waals surface area (Å²) in [6.07, 6.45) is 10.0. The number of carbonyl (C=O) groups is 2. The second kappa shape index (κ2) is 21.2. The van der Waals surface area contributed by atoms with Gasteiger partial charge >= 0.3 is 5.97 Å². The molecule has 6 nitrogen and oxygen atoms in total. The number of rotatable bonds is 6. The molecule has 2 radical (unpaired) electrons. The summed E-state index contributed by atoms with van der Waals surface area (Å²) < 4.78 is 0. The Balaban J connectivity index is 0.000000607. The molecular formula is C28H29N2O4PReS-. The number of nitrogens with zero attached hydrogens (tertiary/aromatic N) is 1. The third-order valence-corrected chi connectivity index (χ3v) is 7.27. The topological polar surface area (TPSA) is 106 Å². The fourth-order valence-corrected chi connectivity index (χ4v) is 5.48. The Morgan fingerprint density at radius 3 is 1.32 bits per heavy atom. The zero-order valence-electron chi connectivity index (χ0n) is 20.2. The number of hydrogen-bond donors (Lipinski definition) is 3. The van der Waals surface area contributed by atoms with Gasteiger partial charge in [-0.1, -0.05) is 115 Å². The van der Waals surface area contributed by atoms with Crippen molar-refractivity contribution in [3.8, 4) is 0 Å². The Morgan fingerprint density at radius 2 is 1.14 bits per heavy atom. The molecule has 1 aliphatic carbocycles. The Morgan fingerprint density at radius 1 is 0.784 bits per heavy atom. The van der Waals surface area contributed by atoms with Crippen LogP contribution in [0.4, 0.5) is 0 Å². The molecule has 1 aliphatic rings. The predicted octanol–water partition coefficient (Wildman–Crippen LogP) is 4.59. The van der Waals surface area contributed by atoms with Gasteiger partial charge in [-0.15, -0.1) is 0 Å². The van der Waals surface area contributed by atoms with E-state index in [-0.39, 0.29) is 32.1 Å². The molecule has 4 rings (SSSR count). The average Bonchev–Trinajstić information content (AvgIpc) is 3.51. The summed E-state index contributed by atoms with van der Waals surface area (Å²) in [4.78, 5) is 27.8. The van der Waals surface area contributed by atoms with Gasteiger partial charge in [0.05, 0.1) is 0 Å². The molecule has 9 heteroatoms. The van der Waals surface area contributed by atoms with E-state index in [2.05, 4.69) is 109 Å². The number of carbonyl (C=O) groups excluding carboxylic acids is 1. The monoisotopic (exact) mass is 707 g/mol. The van der Waals surface area contributed by atoms with Crippen LogP contribution in [-0.4, -0.2) is 28.8 Å². The van der Waals surface area contributed by atoms with Crippen LogP contribution in [0.2, 0.25) is 0 Å². The van der Waals surface area contributed by atoms with Crippen LogP contribution in [0, 0.1) is 11.3 Å². The first-order valence-corrected chi connectivity index (χ1v) is 12.9. The molecule has 0 aromatic heterocycles. The predicted molar refractivity (Wildman–Crippen MR) is 154 cm³/mol. The zero-order valence-corrected chi connectivity index (χ0v) is 24.7. The fourth-order valence-electron chi connectivity index (χ4n) is 2.93. The number of aliphatic carboxylic acids is 1. The van der Waals surface area contributed by atoms with Crippen LogP contribution in [0.1, 0.15) is 6.92 Å². The quantitative estimate of drug-likeness (QED) is 0.258. The number of amides is 1. The number of allylic oxidation sites excluding steroid dienone is 4. The maximum atomic E-state index is 10.3. The third kappa shape index (κ3) is 13.9. The summed E-state index contributed by atoms with van der Waals surface area (Å²) in [5.41, 5.74) is 5.75. The summed E-state index contributed by atoms with van der Waals surface area (Å²) in [5, 5.41) is 14.8. The van der Waals surface area contributed by atoms with Gasteiger partial charge in [-0.05, 0) is 23.8 Å². The Hall–Kier alpha value is -2.88. The summed E-state index contributed by atoms with van der Waals surface area (Å²) >= 11 is 3.73. The van der Waals surface area contributed by atoms with Gasteiger partial charge < -0.3 is 20.9 Å². The number of nitrogens with one attached hydrogen (secondary N) is 1. The van der Waals surface area contributed by atoms with E-state index in [1.54, 1.807) is 0 Å². The van der Waals surface area contributed by atoms with Crippen LogP contribution in [0.15, 0.2) is 115 Å². The number of carboxylic acids is 1. The SMILES string of the molecule is CC(=O)N[C@@H](CS)C(=O)O.[CH]1C=CC=C1.[N-]=O.[Re].c1ccc(P(c2ccccc2)c2ccccc2)cc1. The summed E-state index contributed by atoms with van der Waals surface area (Å²) in [5.74, 6) is -1.32. The van der Waals surface area contributed by atoms with E-state index in [1.807, 2.05) is 30.7 Å². The summed E-state index contributed by atoms with van der Waals surface area (Å²) in [7, 11) is -0.446. The van der Waals surface area contributed by atoms with E-state index in [0.29, 0.717) is 0 Å². The summed E-state index contributed by atoms with van der Waals surface area (Å²) in [6.45, 7) is 1.26. The van der Waals surface area contributed by atoms with Gasteiger partial charge in [0.25, 0.3) is 0 Å². The van der Waals surface area contributed by atoms with Crippen molar-refractivity contribution in [1.82, 2.24) is 5.32 Å². The Kier molecular flexibility index (Phi) is 19.6. The maximum Gasteiger partial charge on any atom is 0.327 e. The molecule has 3 aromatic rings. The average molecular weight is 707 g/mol. The molecule has 2 N–H and O–H groups in total. The second-order valence-corrected chi connectivity index (χ2v) is 9.66. The van der Waals surface area contributed by atoms with Crippen molar-refractivity contribution in [2.75, 3.05) is 5.75 Å². The first kappa shape index (κ1) is 34.1. The number of benzene rings is 3. The van der Waals surface area contributed by atoms with Crippen molar-refractivity contribution >= 4 is 48.3 Å². The van der Waals surface area contributed by atoms with Crippen LogP contribution in [0.3, 0.4) is 0 Å².